The molecule has 0 aliphatic rings. The number of aryl methyl sites for hydroxylation is 1. The number of ether oxygens (including phenoxy) is 1. The highest BCUT2D eigenvalue weighted by atomic mass is 16.5. The summed E-state index contributed by atoms with van der Waals surface area (Å²) in [5.41, 5.74) is 0.689. The van der Waals surface area contributed by atoms with Crippen molar-refractivity contribution in [1.82, 2.24) is 14.8 Å². The van der Waals surface area contributed by atoms with E-state index in [-0.39, 0.29) is 5.78 Å². The van der Waals surface area contributed by atoms with Crippen molar-refractivity contribution < 1.29 is 9.53 Å². The van der Waals surface area contributed by atoms with E-state index in [1.165, 1.54) is 0 Å². The maximum Gasteiger partial charge on any atom is 0.340 e. The Morgan fingerprint density at radius 3 is 2.59 bits per heavy atom. The van der Waals surface area contributed by atoms with Crippen LogP contribution in [-0.4, -0.2) is 20.5 Å². The van der Waals surface area contributed by atoms with Crippen molar-refractivity contribution in [3.05, 3.63) is 36.2 Å². The Balaban J connectivity index is 2.10. The first-order valence-corrected chi connectivity index (χ1v) is 5.36. The molecule has 0 fully saturated rings. The fraction of sp³-hybridized carbons (Fsp3) is 0.250. The van der Waals surface area contributed by atoms with E-state index >= 15 is 0 Å². The predicted octanol–water partition coefficient (Wildman–Crippen LogP) is 2.20. The first-order chi connectivity index (χ1) is 8.19. The molecular weight excluding hydrogens is 218 g/mol. The summed E-state index contributed by atoms with van der Waals surface area (Å²) >= 11 is 0. The van der Waals surface area contributed by atoms with Crippen molar-refractivity contribution >= 4 is 5.78 Å². The number of hydrogen-bond acceptors (Lipinski definition) is 4. The second kappa shape index (κ2) is 4.78. The summed E-state index contributed by atoms with van der Waals surface area (Å²) in [6, 6.07) is 7.24. The van der Waals surface area contributed by atoms with Crippen LogP contribution in [0.2, 0.25) is 0 Å². The minimum Gasteiger partial charge on any atom is -0.423 e. The van der Waals surface area contributed by atoms with Gasteiger partial charge in [0.1, 0.15) is 12.1 Å². The van der Waals surface area contributed by atoms with Crippen LogP contribution in [0.5, 0.6) is 11.8 Å². The van der Waals surface area contributed by atoms with Crippen molar-refractivity contribution in [2.75, 3.05) is 0 Å². The molecular formula is C12H13N3O2. The highest BCUT2D eigenvalue weighted by molar-refractivity contribution is 5.95. The maximum absolute atomic E-state index is 11.4. The van der Waals surface area contributed by atoms with Crippen molar-refractivity contribution in [3.8, 4) is 11.8 Å². The van der Waals surface area contributed by atoms with Gasteiger partial charge >= 0.3 is 6.01 Å². The minimum atomic E-state index is 0.118. The van der Waals surface area contributed by atoms with E-state index < -0.39 is 0 Å². The SMILES string of the molecule is CCC(=O)c1ccc(Oc2ncn(C)n2)cc1. The molecule has 5 heteroatoms. The molecule has 88 valence electrons. The largest absolute Gasteiger partial charge is 0.423 e. The van der Waals surface area contributed by atoms with Crippen LogP contribution in [0.3, 0.4) is 0 Å². The first kappa shape index (κ1) is 11.3. The summed E-state index contributed by atoms with van der Waals surface area (Å²) in [6.07, 6.45) is 2.06. The Hall–Kier alpha value is -2.17. The highest BCUT2D eigenvalue weighted by Crippen LogP contribution is 2.18. The molecule has 2 aromatic rings. The molecule has 0 unspecified atom stereocenters. The highest BCUT2D eigenvalue weighted by Gasteiger charge is 2.05. The third kappa shape index (κ3) is 2.69. The second-order valence-electron chi connectivity index (χ2n) is 3.60. The topological polar surface area (TPSA) is 57.0 Å². The third-order valence-corrected chi connectivity index (χ3v) is 2.29. The normalized spacial score (nSPS) is 10.2. The van der Waals surface area contributed by atoms with E-state index in [1.807, 2.05) is 6.92 Å². The van der Waals surface area contributed by atoms with Gasteiger partial charge in [-0.05, 0) is 24.3 Å². The zero-order valence-electron chi connectivity index (χ0n) is 9.75. The monoisotopic (exact) mass is 231 g/mol. The Morgan fingerprint density at radius 1 is 1.35 bits per heavy atom. The molecule has 0 amide bonds. The number of rotatable bonds is 4. The van der Waals surface area contributed by atoms with Gasteiger partial charge in [0.2, 0.25) is 0 Å². The molecule has 0 saturated heterocycles. The molecule has 0 radical (unpaired) electrons. The summed E-state index contributed by atoms with van der Waals surface area (Å²) in [5.74, 6) is 0.733. The number of ketones is 1. The number of carbonyl (C=O) groups is 1. The molecule has 17 heavy (non-hydrogen) atoms. The molecule has 0 aliphatic carbocycles. The van der Waals surface area contributed by atoms with Gasteiger partial charge in [-0.25, -0.2) is 0 Å². The lowest BCUT2D eigenvalue weighted by Crippen LogP contribution is -1.96. The Labute approximate surface area is 99.1 Å². The molecule has 0 aliphatic heterocycles. The van der Waals surface area contributed by atoms with Crippen LogP contribution in [-0.2, 0) is 7.05 Å². The summed E-state index contributed by atoms with van der Waals surface area (Å²) in [7, 11) is 1.77. The van der Waals surface area contributed by atoms with Crippen LogP contribution >= 0.6 is 0 Å². The number of benzene rings is 1. The van der Waals surface area contributed by atoms with E-state index in [0.717, 1.165) is 0 Å². The number of aromatic nitrogens is 3. The standard InChI is InChI=1S/C12H13N3O2/c1-3-11(16)9-4-6-10(7-5-9)17-12-13-8-15(2)14-12/h4-8H,3H2,1-2H3. The summed E-state index contributed by atoms with van der Waals surface area (Å²) in [6.45, 7) is 1.84. The third-order valence-electron chi connectivity index (χ3n) is 2.29. The van der Waals surface area contributed by atoms with E-state index in [1.54, 1.807) is 42.3 Å². The molecule has 1 aromatic carbocycles. The molecule has 1 heterocycles. The van der Waals surface area contributed by atoms with Crippen LogP contribution < -0.4 is 4.74 Å². The van der Waals surface area contributed by atoms with Crippen molar-refractivity contribution in [1.29, 1.82) is 0 Å². The van der Waals surface area contributed by atoms with Crippen LogP contribution in [0.15, 0.2) is 30.6 Å². The Kier molecular flexibility index (Phi) is 3.18. The van der Waals surface area contributed by atoms with Crippen molar-refractivity contribution in [3.63, 3.8) is 0 Å². The van der Waals surface area contributed by atoms with E-state index in [2.05, 4.69) is 10.1 Å². The molecule has 0 saturated carbocycles. The van der Waals surface area contributed by atoms with E-state index in [9.17, 15) is 4.79 Å². The fourth-order valence-corrected chi connectivity index (χ4v) is 1.38. The van der Waals surface area contributed by atoms with Crippen molar-refractivity contribution in [2.45, 2.75) is 13.3 Å². The molecule has 2 rings (SSSR count). The van der Waals surface area contributed by atoms with Crippen LogP contribution in [0.1, 0.15) is 23.7 Å². The first-order valence-electron chi connectivity index (χ1n) is 5.36. The number of nitrogens with zero attached hydrogens (tertiary/aromatic N) is 3. The Morgan fingerprint density at radius 2 is 2.06 bits per heavy atom. The average Bonchev–Trinajstić information content (AvgIpc) is 2.75. The molecule has 0 N–H and O–H groups in total. The van der Waals surface area contributed by atoms with E-state index in [0.29, 0.717) is 23.7 Å². The smallest absolute Gasteiger partial charge is 0.340 e. The van der Waals surface area contributed by atoms with Crippen molar-refractivity contribution in [2.24, 2.45) is 7.05 Å². The number of hydrogen-bond donors (Lipinski definition) is 0. The molecule has 0 bridgehead atoms. The summed E-state index contributed by atoms with van der Waals surface area (Å²) < 4.78 is 6.97. The lowest BCUT2D eigenvalue weighted by atomic mass is 10.1. The fourth-order valence-electron chi connectivity index (χ4n) is 1.38. The van der Waals surface area contributed by atoms with E-state index in [4.69, 9.17) is 4.74 Å². The molecule has 0 spiro atoms. The van der Waals surface area contributed by atoms with Crippen LogP contribution in [0.25, 0.3) is 0 Å². The lowest BCUT2D eigenvalue weighted by Gasteiger charge is -2.02. The predicted molar refractivity (Wildman–Crippen MR) is 62.1 cm³/mol. The van der Waals surface area contributed by atoms with Gasteiger partial charge in [0, 0.05) is 19.0 Å². The quantitative estimate of drug-likeness (QED) is 0.757. The molecule has 5 nitrogen and oxygen atoms in total. The van der Waals surface area contributed by atoms with Gasteiger partial charge in [-0.1, -0.05) is 6.92 Å². The number of carbonyl (C=O) groups excluding carboxylic acids is 1. The summed E-state index contributed by atoms with van der Waals surface area (Å²) in [5, 5.41) is 4.00. The number of Topliss-reactive ketones (excluding diaryl/α,β-unsaturated/α-hetero) is 1. The molecule has 1 aromatic heterocycles. The minimum absolute atomic E-state index is 0.118. The van der Waals surface area contributed by atoms with Gasteiger partial charge in [0.25, 0.3) is 0 Å². The van der Waals surface area contributed by atoms with Gasteiger partial charge < -0.3 is 4.74 Å². The summed E-state index contributed by atoms with van der Waals surface area (Å²) in [4.78, 5) is 15.4. The van der Waals surface area contributed by atoms with Gasteiger partial charge in [0.05, 0.1) is 0 Å². The second-order valence-corrected chi connectivity index (χ2v) is 3.60. The zero-order chi connectivity index (χ0) is 12.3. The van der Waals surface area contributed by atoms with Gasteiger partial charge in [-0.3, -0.25) is 9.48 Å². The average molecular weight is 231 g/mol. The van der Waals surface area contributed by atoms with Gasteiger partial charge in [-0.15, -0.1) is 5.10 Å². The van der Waals surface area contributed by atoms with Gasteiger partial charge in [0.15, 0.2) is 5.78 Å². The van der Waals surface area contributed by atoms with Crippen LogP contribution in [0.4, 0.5) is 0 Å². The maximum atomic E-state index is 11.4. The lowest BCUT2D eigenvalue weighted by molar-refractivity contribution is 0.0988. The van der Waals surface area contributed by atoms with Crippen LogP contribution in [0, 0.1) is 0 Å². The zero-order valence-corrected chi connectivity index (χ0v) is 9.75. The molecule has 0 atom stereocenters. The van der Waals surface area contributed by atoms with Gasteiger partial charge in [-0.2, -0.15) is 4.98 Å². The Bertz CT molecular complexity index is 517.